The Morgan fingerprint density at radius 3 is 2.60 bits per heavy atom. The third kappa shape index (κ3) is 2.40. The molecule has 0 saturated heterocycles. The molecule has 0 bridgehead atoms. The Balaban J connectivity index is 3.21. The molecule has 0 aliphatic rings. The summed E-state index contributed by atoms with van der Waals surface area (Å²) in [4.78, 5) is 12.8. The fourth-order valence-electron chi connectivity index (χ4n) is 0.779. The zero-order valence-corrected chi connectivity index (χ0v) is 6.92. The van der Waals surface area contributed by atoms with Gasteiger partial charge in [-0.15, -0.1) is 13.2 Å². The van der Waals surface area contributed by atoms with Crippen LogP contribution in [0, 0.1) is 11.3 Å². The fourth-order valence-corrected chi connectivity index (χ4v) is 0.779. The maximum Gasteiger partial charge on any atom is 0.574 e. The van der Waals surface area contributed by atoms with Crippen molar-refractivity contribution in [3.8, 4) is 17.7 Å². The van der Waals surface area contributed by atoms with E-state index in [1.54, 1.807) is 0 Å². The molecule has 0 aromatic carbocycles. The first-order chi connectivity index (χ1) is 6.85. The van der Waals surface area contributed by atoms with Crippen LogP contribution >= 0.6 is 0 Å². The zero-order chi connectivity index (χ0) is 11.6. The summed E-state index contributed by atoms with van der Waals surface area (Å²) >= 11 is 0. The Kier molecular flexibility index (Phi) is 2.57. The number of aromatic hydroxyl groups is 1. The quantitative estimate of drug-likeness (QED) is 0.734. The van der Waals surface area contributed by atoms with Crippen LogP contribution in [0.1, 0.15) is 5.56 Å². The van der Waals surface area contributed by atoms with Crippen molar-refractivity contribution in [3.63, 3.8) is 0 Å². The van der Waals surface area contributed by atoms with Gasteiger partial charge in [0.05, 0.1) is 0 Å². The predicted molar refractivity (Wildman–Crippen MR) is 40.1 cm³/mol. The summed E-state index contributed by atoms with van der Waals surface area (Å²) < 4.78 is 38.4. The predicted octanol–water partition coefficient (Wildman–Crippen LogP) is 0.851. The summed E-state index contributed by atoms with van der Waals surface area (Å²) in [5.41, 5.74) is -1.74. The number of rotatable bonds is 1. The second-order valence-electron chi connectivity index (χ2n) is 2.37. The van der Waals surface area contributed by atoms with E-state index in [4.69, 9.17) is 10.4 Å². The molecule has 0 fully saturated rings. The number of hydrogen-bond donors (Lipinski definition) is 2. The van der Waals surface area contributed by atoms with Gasteiger partial charge in [-0.2, -0.15) is 5.26 Å². The fraction of sp³-hybridized carbons (Fsp3) is 0.143. The molecule has 15 heavy (non-hydrogen) atoms. The normalized spacial score (nSPS) is 10.8. The van der Waals surface area contributed by atoms with Gasteiger partial charge in [0, 0.05) is 6.20 Å². The molecule has 8 heteroatoms. The molecule has 0 aliphatic heterocycles. The largest absolute Gasteiger partial charge is 0.574 e. The minimum atomic E-state index is -5.03. The maximum absolute atomic E-state index is 11.7. The van der Waals surface area contributed by atoms with Gasteiger partial charge in [-0.1, -0.05) is 0 Å². The Bertz CT molecular complexity index is 472. The number of pyridine rings is 1. The van der Waals surface area contributed by atoms with Crippen molar-refractivity contribution in [1.29, 1.82) is 5.26 Å². The summed E-state index contributed by atoms with van der Waals surface area (Å²) in [5.74, 6) is -2.43. The van der Waals surface area contributed by atoms with Crippen molar-refractivity contribution in [2.75, 3.05) is 0 Å². The second-order valence-corrected chi connectivity index (χ2v) is 2.37. The number of nitriles is 1. The number of nitrogens with zero attached hydrogens (tertiary/aromatic N) is 1. The molecule has 0 unspecified atom stereocenters. The van der Waals surface area contributed by atoms with E-state index in [-0.39, 0.29) is 0 Å². The highest BCUT2D eigenvalue weighted by Gasteiger charge is 2.33. The average Bonchev–Trinajstić information content (AvgIpc) is 2.11. The van der Waals surface area contributed by atoms with Gasteiger partial charge in [0.15, 0.2) is 0 Å². The smallest absolute Gasteiger partial charge is 0.500 e. The number of ether oxygens (including phenoxy) is 1. The number of alkyl halides is 3. The molecule has 1 aromatic heterocycles. The van der Waals surface area contributed by atoms with Crippen molar-refractivity contribution >= 4 is 0 Å². The lowest BCUT2D eigenvalue weighted by atomic mass is 10.3. The van der Waals surface area contributed by atoms with Crippen molar-refractivity contribution < 1.29 is 23.0 Å². The van der Waals surface area contributed by atoms with E-state index in [1.807, 2.05) is 4.98 Å². The van der Waals surface area contributed by atoms with Gasteiger partial charge in [-0.3, -0.25) is 4.79 Å². The monoisotopic (exact) mass is 220 g/mol. The molecular weight excluding hydrogens is 217 g/mol. The maximum atomic E-state index is 11.7. The molecule has 0 saturated carbocycles. The van der Waals surface area contributed by atoms with E-state index < -0.39 is 29.0 Å². The highest BCUT2D eigenvalue weighted by atomic mass is 19.4. The second kappa shape index (κ2) is 3.53. The molecule has 0 aliphatic carbocycles. The van der Waals surface area contributed by atoms with E-state index in [0.29, 0.717) is 6.20 Å². The highest BCUT2D eigenvalue weighted by Crippen LogP contribution is 2.26. The topological polar surface area (TPSA) is 86.1 Å². The molecule has 80 valence electrons. The van der Waals surface area contributed by atoms with Crippen molar-refractivity contribution in [2.45, 2.75) is 6.36 Å². The van der Waals surface area contributed by atoms with E-state index in [2.05, 4.69) is 4.74 Å². The number of nitrogens with one attached hydrogen (secondary N) is 1. The van der Waals surface area contributed by atoms with Crippen LogP contribution in [0.3, 0.4) is 0 Å². The first-order valence-electron chi connectivity index (χ1n) is 3.45. The number of H-pyrrole nitrogens is 1. The third-order valence-electron chi connectivity index (χ3n) is 1.36. The van der Waals surface area contributed by atoms with Crippen LogP contribution in [-0.4, -0.2) is 16.5 Å². The van der Waals surface area contributed by atoms with E-state index in [1.165, 1.54) is 6.07 Å². The summed E-state index contributed by atoms with van der Waals surface area (Å²) in [5, 5.41) is 17.3. The lowest BCUT2D eigenvalue weighted by Gasteiger charge is -2.09. The highest BCUT2D eigenvalue weighted by molar-refractivity contribution is 5.39. The molecule has 1 aromatic rings. The van der Waals surface area contributed by atoms with Crippen LogP contribution in [0.5, 0.6) is 11.6 Å². The minimum Gasteiger partial charge on any atom is -0.500 e. The van der Waals surface area contributed by atoms with Gasteiger partial charge in [0.25, 0.3) is 0 Å². The van der Waals surface area contributed by atoms with Crippen molar-refractivity contribution in [2.24, 2.45) is 0 Å². The molecule has 0 amide bonds. The lowest BCUT2D eigenvalue weighted by molar-refractivity contribution is -0.276. The molecule has 0 radical (unpaired) electrons. The van der Waals surface area contributed by atoms with Crippen molar-refractivity contribution in [3.05, 3.63) is 22.0 Å². The molecule has 5 nitrogen and oxygen atoms in total. The Morgan fingerprint density at radius 1 is 1.53 bits per heavy atom. The van der Waals surface area contributed by atoms with Gasteiger partial charge < -0.3 is 14.8 Å². The summed E-state index contributed by atoms with van der Waals surface area (Å²) in [6.07, 6.45) is -4.32. The Morgan fingerprint density at radius 2 is 2.13 bits per heavy atom. The van der Waals surface area contributed by atoms with Crippen LogP contribution in [0.4, 0.5) is 13.2 Å². The molecule has 1 rings (SSSR count). The Hall–Kier alpha value is -2.17. The number of aromatic nitrogens is 1. The first-order valence-corrected chi connectivity index (χ1v) is 3.45. The average molecular weight is 220 g/mol. The SMILES string of the molecule is N#Cc1c[nH]c(OC(F)(F)F)c(O)c1=O. The molecular formula is C7H3F3N2O3. The summed E-state index contributed by atoms with van der Waals surface area (Å²) in [6.45, 7) is 0. The van der Waals surface area contributed by atoms with Crippen molar-refractivity contribution in [1.82, 2.24) is 4.98 Å². The zero-order valence-electron chi connectivity index (χ0n) is 6.92. The van der Waals surface area contributed by atoms with Crippen LogP contribution < -0.4 is 10.2 Å². The number of hydrogen-bond acceptors (Lipinski definition) is 4. The molecule has 1 heterocycles. The van der Waals surface area contributed by atoms with Gasteiger partial charge in [-0.25, -0.2) is 0 Å². The molecule has 0 atom stereocenters. The van der Waals surface area contributed by atoms with Crippen LogP contribution in [0.15, 0.2) is 11.0 Å². The number of halogens is 3. The van der Waals surface area contributed by atoms with Crippen LogP contribution in [0.25, 0.3) is 0 Å². The van der Waals surface area contributed by atoms with E-state index >= 15 is 0 Å². The number of aromatic amines is 1. The minimum absolute atomic E-state index is 0.512. The first kappa shape index (κ1) is 10.9. The third-order valence-corrected chi connectivity index (χ3v) is 1.36. The Labute approximate surface area is 80.3 Å². The molecule has 2 N–H and O–H groups in total. The summed E-state index contributed by atoms with van der Waals surface area (Å²) in [7, 11) is 0. The van der Waals surface area contributed by atoms with E-state index in [9.17, 15) is 18.0 Å². The van der Waals surface area contributed by atoms with E-state index in [0.717, 1.165) is 0 Å². The van der Waals surface area contributed by atoms with Crippen LogP contribution in [0.2, 0.25) is 0 Å². The molecule has 0 spiro atoms. The van der Waals surface area contributed by atoms with Gasteiger partial charge >= 0.3 is 6.36 Å². The van der Waals surface area contributed by atoms with Crippen LogP contribution in [-0.2, 0) is 0 Å². The summed E-state index contributed by atoms with van der Waals surface area (Å²) in [6, 6.07) is 1.39. The van der Waals surface area contributed by atoms with Gasteiger partial charge in [0.1, 0.15) is 11.6 Å². The standard InChI is InChI=1S/C7H3F3N2O3/c8-7(9,10)15-6-5(14)4(13)3(1-11)2-12-6/h2,14H,(H,12,13). The van der Waals surface area contributed by atoms with Gasteiger partial charge in [0.2, 0.25) is 17.1 Å². The lowest BCUT2D eigenvalue weighted by Crippen LogP contribution is -2.20. The van der Waals surface area contributed by atoms with Gasteiger partial charge in [-0.05, 0) is 0 Å².